The van der Waals surface area contributed by atoms with Gasteiger partial charge in [-0.3, -0.25) is 4.79 Å². The van der Waals surface area contributed by atoms with E-state index in [2.05, 4.69) is 11.9 Å². The van der Waals surface area contributed by atoms with Gasteiger partial charge in [0, 0.05) is 6.26 Å². The topological polar surface area (TPSA) is 63.2 Å². The van der Waals surface area contributed by atoms with Crippen LogP contribution in [0.5, 0.6) is 0 Å². The molecule has 0 unspecified atom stereocenters. The van der Waals surface area contributed by atoms with E-state index in [0.29, 0.717) is 0 Å². The van der Waals surface area contributed by atoms with Gasteiger partial charge in [-0.25, -0.2) is 12.8 Å². The molecule has 0 bridgehead atoms. The second-order valence-electron chi connectivity index (χ2n) is 3.11. The predicted octanol–water partition coefficient (Wildman–Crippen LogP) is 1.35. The molecule has 1 rings (SSSR count). The van der Waals surface area contributed by atoms with Crippen LogP contribution in [0, 0.1) is 5.82 Å². The number of nitrogens with one attached hydrogen (secondary N) is 1. The molecule has 0 aliphatic heterocycles. The van der Waals surface area contributed by atoms with E-state index in [0.717, 1.165) is 30.5 Å². The Morgan fingerprint density at radius 3 is 2.62 bits per heavy atom. The van der Waals surface area contributed by atoms with Crippen molar-refractivity contribution in [2.75, 3.05) is 11.6 Å². The summed E-state index contributed by atoms with van der Waals surface area (Å²) in [7, 11) is -3.43. The summed E-state index contributed by atoms with van der Waals surface area (Å²) in [4.78, 5) is 10.9. The summed E-state index contributed by atoms with van der Waals surface area (Å²) in [5.74, 6) is -1.31. The lowest BCUT2D eigenvalue weighted by Crippen LogP contribution is -2.10. The number of anilines is 1. The maximum atomic E-state index is 13.2. The number of hydrogen-bond donors (Lipinski definition) is 1. The quantitative estimate of drug-likeness (QED) is 0.644. The minimum absolute atomic E-state index is 0.0618. The second kappa shape index (κ2) is 4.44. The standard InChI is InChI=1S/C10H10FNO3S/c1-3-10(13)12-9-6-7(16(2,14)15)4-5-8(9)11/h3-6H,1H2,2H3,(H,12,13). The Labute approximate surface area is 92.7 Å². The van der Waals surface area contributed by atoms with E-state index < -0.39 is 21.6 Å². The van der Waals surface area contributed by atoms with Gasteiger partial charge >= 0.3 is 0 Å². The van der Waals surface area contributed by atoms with Crippen LogP contribution in [0.25, 0.3) is 0 Å². The molecule has 0 atom stereocenters. The highest BCUT2D eigenvalue weighted by atomic mass is 32.2. The van der Waals surface area contributed by atoms with Gasteiger partial charge in [0.25, 0.3) is 0 Å². The number of halogens is 1. The van der Waals surface area contributed by atoms with Crippen LogP contribution in [0.3, 0.4) is 0 Å². The highest BCUT2D eigenvalue weighted by molar-refractivity contribution is 7.90. The Balaban J connectivity index is 3.19. The molecule has 0 aliphatic carbocycles. The lowest BCUT2D eigenvalue weighted by atomic mass is 10.3. The van der Waals surface area contributed by atoms with E-state index in [1.165, 1.54) is 0 Å². The van der Waals surface area contributed by atoms with Gasteiger partial charge in [0.1, 0.15) is 5.82 Å². The zero-order chi connectivity index (χ0) is 12.3. The molecule has 0 radical (unpaired) electrons. The highest BCUT2D eigenvalue weighted by Gasteiger charge is 2.11. The van der Waals surface area contributed by atoms with Gasteiger partial charge in [-0.15, -0.1) is 0 Å². The molecule has 1 amide bonds. The van der Waals surface area contributed by atoms with Crippen LogP contribution in [0.2, 0.25) is 0 Å². The maximum Gasteiger partial charge on any atom is 0.247 e. The van der Waals surface area contributed by atoms with Crippen LogP contribution in [0.1, 0.15) is 0 Å². The van der Waals surface area contributed by atoms with E-state index in [-0.39, 0.29) is 10.6 Å². The Morgan fingerprint density at radius 1 is 1.50 bits per heavy atom. The first-order chi connectivity index (χ1) is 7.34. The van der Waals surface area contributed by atoms with Crippen molar-refractivity contribution in [2.45, 2.75) is 4.90 Å². The van der Waals surface area contributed by atoms with Crippen LogP contribution in [0.15, 0.2) is 35.7 Å². The third-order valence-corrected chi connectivity index (χ3v) is 2.92. The number of rotatable bonds is 3. The van der Waals surface area contributed by atoms with Gasteiger partial charge in [-0.05, 0) is 24.3 Å². The fourth-order valence-corrected chi connectivity index (χ4v) is 1.66. The van der Waals surface area contributed by atoms with Crippen molar-refractivity contribution in [1.82, 2.24) is 0 Å². The molecule has 0 aromatic heterocycles. The number of carbonyl (C=O) groups excluding carboxylic acids is 1. The largest absolute Gasteiger partial charge is 0.320 e. The molecule has 1 N–H and O–H groups in total. The molecule has 0 spiro atoms. The Bertz CT molecular complexity index is 537. The fraction of sp³-hybridized carbons (Fsp3) is 0.100. The molecule has 0 aliphatic rings. The van der Waals surface area contributed by atoms with Gasteiger partial charge < -0.3 is 5.32 Å². The lowest BCUT2D eigenvalue weighted by molar-refractivity contribution is -0.111. The smallest absolute Gasteiger partial charge is 0.247 e. The van der Waals surface area contributed by atoms with Crippen molar-refractivity contribution >= 4 is 21.4 Å². The zero-order valence-electron chi connectivity index (χ0n) is 8.53. The summed E-state index contributed by atoms with van der Waals surface area (Å²) in [6.07, 6.45) is 1.96. The molecular formula is C10H10FNO3S. The molecule has 0 heterocycles. The lowest BCUT2D eigenvalue weighted by Gasteiger charge is -2.05. The molecule has 16 heavy (non-hydrogen) atoms. The summed E-state index contributed by atoms with van der Waals surface area (Å²) in [5.41, 5.74) is -0.187. The minimum atomic E-state index is -3.43. The first kappa shape index (κ1) is 12.4. The van der Waals surface area contributed by atoms with E-state index in [9.17, 15) is 17.6 Å². The van der Waals surface area contributed by atoms with Crippen LogP contribution < -0.4 is 5.32 Å². The third kappa shape index (κ3) is 2.90. The summed E-state index contributed by atoms with van der Waals surface area (Å²) in [6, 6.07) is 3.18. The molecule has 1 aromatic carbocycles. The van der Waals surface area contributed by atoms with Crippen LogP contribution >= 0.6 is 0 Å². The average molecular weight is 243 g/mol. The summed E-state index contributed by atoms with van der Waals surface area (Å²) >= 11 is 0. The van der Waals surface area contributed by atoms with Gasteiger partial charge in [0.15, 0.2) is 9.84 Å². The van der Waals surface area contributed by atoms with Crippen molar-refractivity contribution in [2.24, 2.45) is 0 Å². The molecule has 0 saturated heterocycles. The molecule has 6 heteroatoms. The van der Waals surface area contributed by atoms with Gasteiger partial charge in [-0.2, -0.15) is 0 Å². The molecule has 86 valence electrons. The molecule has 0 fully saturated rings. The number of amides is 1. The number of carbonyl (C=O) groups is 1. The van der Waals surface area contributed by atoms with Crippen molar-refractivity contribution in [1.29, 1.82) is 0 Å². The summed E-state index contributed by atoms with van der Waals surface area (Å²) in [6.45, 7) is 3.20. The minimum Gasteiger partial charge on any atom is -0.320 e. The van der Waals surface area contributed by atoms with Crippen molar-refractivity contribution < 1.29 is 17.6 Å². The molecular weight excluding hydrogens is 233 g/mol. The third-order valence-electron chi connectivity index (χ3n) is 1.81. The Morgan fingerprint density at radius 2 is 2.12 bits per heavy atom. The fourth-order valence-electron chi connectivity index (χ4n) is 1.01. The Hall–Kier alpha value is -1.69. The predicted molar refractivity (Wildman–Crippen MR) is 58.3 cm³/mol. The molecule has 4 nitrogen and oxygen atoms in total. The van der Waals surface area contributed by atoms with Crippen LogP contribution in [0.4, 0.5) is 10.1 Å². The number of sulfone groups is 1. The second-order valence-corrected chi connectivity index (χ2v) is 5.12. The van der Waals surface area contributed by atoms with E-state index in [1.54, 1.807) is 0 Å². The summed E-state index contributed by atoms with van der Waals surface area (Å²) < 4.78 is 35.6. The van der Waals surface area contributed by atoms with Gasteiger partial charge in [0.2, 0.25) is 5.91 Å². The monoisotopic (exact) mass is 243 g/mol. The van der Waals surface area contributed by atoms with Crippen molar-refractivity contribution in [3.63, 3.8) is 0 Å². The molecule has 1 aromatic rings. The van der Waals surface area contributed by atoms with E-state index >= 15 is 0 Å². The van der Waals surface area contributed by atoms with Crippen molar-refractivity contribution in [3.05, 3.63) is 36.7 Å². The first-order valence-electron chi connectivity index (χ1n) is 4.27. The van der Waals surface area contributed by atoms with Crippen molar-refractivity contribution in [3.8, 4) is 0 Å². The van der Waals surface area contributed by atoms with Gasteiger partial charge in [0.05, 0.1) is 10.6 Å². The summed E-state index contributed by atoms with van der Waals surface area (Å²) in [5, 5.41) is 2.18. The van der Waals surface area contributed by atoms with Crippen LogP contribution in [-0.4, -0.2) is 20.6 Å². The zero-order valence-corrected chi connectivity index (χ0v) is 9.34. The molecule has 0 saturated carbocycles. The maximum absolute atomic E-state index is 13.2. The van der Waals surface area contributed by atoms with Crippen LogP contribution in [-0.2, 0) is 14.6 Å². The van der Waals surface area contributed by atoms with E-state index in [1.807, 2.05) is 0 Å². The number of benzene rings is 1. The number of hydrogen-bond acceptors (Lipinski definition) is 3. The highest BCUT2D eigenvalue weighted by Crippen LogP contribution is 2.19. The SMILES string of the molecule is C=CC(=O)Nc1cc(S(C)(=O)=O)ccc1F. The van der Waals surface area contributed by atoms with Gasteiger partial charge in [-0.1, -0.05) is 6.58 Å². The normalized spacial score (nSPS) is 10.9. The first-order valence-corrected chi connectivity index (χ1v) is 6.17. The van der Waals surface area contributed by atoms with E-state index in [4.69, 9.17) is 0 Å². The Kier molecular flexibility index (Phi) is 3.44. The average Bonchev–Trinajstić information content (AvgIpc) is 2.19.